The molecule has 148 valence electrons. The average Bonchev–Trinajstić information content (AvgIpc) is 2.97. The maximum Gasteiger partial charge on any atom is 0.290 e. The molecule has 0 saturated heterocycles. The van der Waals surface area contributed by atoms with E-state index in [4.69, 9.17) is 9.90 Å². The third-order valence-electron chi connectivity index (χ3n) is 3.96. The van der Waals surface area contributed by atoms with Crippen LogP contribution in [0.3, 0.4) is 0 Å². The molecular formula is C19H28N4O3S. The smallest absolute Gasteiger partial charge is 0.290 e. The maximum absolute atomic E-state index is 12.5. The van der Waals surface area contributed by atoms with Gasteiger partial charge in [0.2, 0.25) is 0 Å². The third-order valence-corrected chi connectivity index (χ3v) is 5.07. The molecule has 0 aliphatic rings. The number of carbonyl (C=O) groups is 2. The zero-order valence-electron chi connectivity index (χ0n) is 16.4. The molecule has 1 unspecified atom stereocenters. The lowest BCUT2D eigenvalue weighted by Gasteiger charge is -2.26. The quantitative estimate of drug-likeness (QED) is 0.627. The van der Waals surface area contributed by atoms with Crippen LogP contribution in [0.15, 0.2) is 24.3 Å². The fourth-order valence-electron chi connectivity index (χ4n) is 2.63. The summed E-state index contributed by atoms with van der Waals surface area (Å²) >= 11 is 1.40. The van der Waals surface area contributed by atoms with Gasteiger partial charge in [-0.1, -0.05) is 35.6 Å². The van der Waals surface area contributed by atoms with Gasteiger partial charge in [0.15, 0.2) is 5.13 Å². The summed E-state index contributed by atoms with van der Waals surface area (Å²) in [7, 11) is 4.06. The molecule has 8 heteroatoms. The minimum Gasteiger partial charge on any atom is -0.483 e. The van der Waals surface area contributed by atoms with Gasteiger partial charge in [0.25, 0.3) is 12.4 Å². The number of carbonyl (C=O) groups excluding carboxylic acids is 1. The highest BCUT2D eigenvalue weighted by Crippen LogP contribution is 2.24. The molecule has 0 saturated carbocycles. The van der Waals surface area contributed by atoms with E-state index in [9.17, 15) is 4.79 Å². The lowest BCUT2D eigenvalue weighted by Crippen LogP contribution is -2.34. The fourth-order valence-corrected chi connectivity index (χ4v) is 3.59. The van der Waals surface area contributed by atoms with Gasteiger partial charge in [-0.3, -0.25) is 9.59 Å². The molecule has 0 bridgehead atoms. The molecule has 1 heterocycles. The van der Waals surface area contributed by atoms with Gasteiger partial charge < -0.3 is 20.6 Å². The van der Waals surface area contributed by atoms with E-state index in [1.54, 1.807) is 0 Å². The van der Waals surface area contributed by atoms with E-state index in [1.165, 1.54) is 22.5 Å². The highest BCUT2D eigenvalue weighted by Gasteiger charge is 2.20. The van der Waals surface area contributed by atoms with Crippen LogP contribution in [0.25, 0.3) is 0 Å². The van der Waals surface area contributed by atoms with Crippen molar-refractivity contribution in [2.75, 3.05) is 32.5 Å². The van der Waals surface area contributed by atoms with Crippen LogP contribution in [-0.2, 0) is 4.79 Å². The first-order valence-corrected chi connectivity index (χ1v) is 9.46. The van der Waals surface area contributed by atoms with Crippen molar-refractivity contribution in [1.29, 1.82) is 0 Å². The Labute approximate surface area is 164 Å². The number of nitrogens with one attached hydrogen (secondary N) is 2. The van der Waals surface area contributed by atoms with Gasteiger partial charge >= 0.3 is 0 Å². The van der Waals surface area contributed by atoms with Crippen LogP contribution in [0.1, 0.15) is 39.5 Å². The molecule has 1 atom stereocenters. The summed E-state index contributed by atoms with van der Waals surface area (Å²) in [6.07, 6.45) is 0. The third kappa shape index (κ3) is 6.65. The van der Waals surface area contributed by atoms with E-state index < -0.39 is 0 Å². The molecule has 7 nitrogen and oxygen atoms in total. The number of aromatic nitrogens is 1. The van der Waals surface area contributed by atoms with Crippen LogP contribution >= 0.6 is 11.3 Å². The van der Waals surface area contributed by atoms with Crippen LogP contribution in [0.5, 0.6) is 0 Å². The Balaban J connectivity index is 0.00000114. The maximum atomic E-state index is 12.5. The molecule has 1 amide bonds. The summed E-state index contributed by atoms with van der Waals surface area (Å²) in [4.78, 5) is 28.1. The number of aryl methyl sites for hydroxylation is 2. The van der Waals surface area contributed by atoms with Crippen LogP contribution < -0.4 is 10.6 Å². The van der Waals surface area contributed by atoms with Crippen molar-refractivity contribution in [3.05, 3.63) is 46.0 Å². The molecule has 27 heavy (non-hydrogen) atoms. The zero-order valence-corrected chi connectivity index (χ0v) is 17.3. The predicted octanol–water partition coefficient (Wildman–Crippen LogP) is 2.93. The summed E-state index contributed by atoms with van der Waals surface area (Å²) in [5.74, 6) is -0.0606. The molecule has 0 spiro atoms. The van der Waals surface area contributed by atoms with E-state index in [2.05, 4.69) is 39.6 Å². The fraction of sp³-hybridized carbons (Fsp3) is 0.421. The van der Waals surface area contributed by atoms with Gasteiger partial charge in [-0.05, 0) is 46.0 Å². The van der Waals surface area contributed by atoms with Gasteiger partial charge in [0.1, 0.15) is 4.88 Å². The van der Waals surface area contributed by atoms with Gasteiger partial charge in [0, 0.05) is 13.1 Å². The zero-order chi connectivity index (χ0) is 20.4. The first-order valence-electron chi connectivity index (χ1n) is 8.64. The van der Waals surface area contributed by atoms with Crippen molar-refractivity contribution in [2.45, 2.75) is 26.8 Å². The number of hydrogen-bond donors (Lipinski definition) is 3. The number of rotatable bonds is 7. The number of thiazole rings is 1. The molecule has 0 fully saturated rings. The number of amides is 1. The molecule has 3 N–H and O–H groups in total. The van der Waals surface area contributed by atoms with Gasteiger partial charge in [-0.15, -0.1) is 0 Å². The lowest BCUT2D eigenvalue weighted by molar-refractivity contribution is -0.122. The van der Waals surface area contributed by atoms with Crippen molar-refractivity contribution in [1.82, 2.24) is 15.2 Å². The molecular weight excluding hydrogens is 364 g/mol. The first-order chi connectivity index (χ1) is 12.8. The lowest BCUT2D eigenvalue weighted by atomic mass is 10.0. The Morgan fingerprint density at radius 3 is 2.52 bits per heavy atom. The van der Waals surface area contributed by atoms with E-state index in [0.29, 0.717) is 11.4 Å². The van der Waals surface area contributed by atoms with E-state index in [1.807, 2.05) is 40.1 Å². The second kappa shape index (κ2) is 11.3. The molecule has 1 aromatic carbocycles. The average molecular weight is 393 g/mol. The number of nitrogens with zero attached hydrogens (tertiary/aromatic N) is 2. The Hall–Kier alpha value is -2.45. The van der Waals surface area contributed by atoms with Crippen molar-refractivity contribution < 1.29 is 14.7 Å². The second-order valence-electron chi connectivity index (χ2n) is 6.12. The Kier molecular flexibility index (Phi) is 9.46. The van der Waals surface area contributed by atoms with Crippen LogP contribution in [0.2, 0.25) is 0 Å². The SMILES string of the molecule is CCNc1nc(C)c(C(=O)NCC(c2ccccc2C)N(C)C)s1.O=CO. The molecule has 1 aromatic heterocycles. The molecule has 0 aliphatic heterocycles. The summed E-state index contributed by atoms with van der Waals surface area (Å²) in [5, 5.41) is 13.9. The van der Waals surface area contributed by atoms with Gasteiger partial charge in [-0.25, -0.2) is 4.98 Å². The number of benzene rings is 1. The van der Waals surface area contributed by atoms with E-state index >= 15 is 0 Å². The van der Waals surface area contributed by atoms with Gasteiger partial charge in [-0.2, -0.15) is 0 Å². The number of hydrogen-bond acceptors (Lipinski definition) is 6. The summed E-state index contributed by atoms with van der Waals surface area (Å²) in [6.45, 7) is 7.09. The standard InChI is InChI=1S/C18H26N4OS.CH2O2/c1-6-19-18-21-13(3)16(24-18)17(23)20-11-15(22(4)5)14-10-8-7-9-12(14)2;2-1-3/h7-10,15H,6,11H2,1-5H3,(H,19,21)(H,20,23);1H,(H,2,3). The van der Waals surface area contributed by atoms with Crippen LogP contribution in [-0.4, -0.2) is 54.6 Å². The van der Waals surface area contributed by atoms with E-state index in [-0.39, 0.29) is 18.4 Å². The van der Waals surface area contributed by atoms with Crippen LogP contribution in [0.4, 0.5) is 5.13 Å². The second-order valence-corrected chi connectivity index (χ2v) is 7.11. The Morgan fingerprint density at radius 2 is 1.96 bits per heavy atom. The summed E-state index contributed by atoms with van der Waals surface area (Å²) in [6, 6.07) is 8.43. The van der Waals surface area contributed by atoms with Crippen molar-refractivity contribution >= 4 is 28.8 Å². The molecule has 0 radical (unpaired) electrons. The number of likely N-dealkylation sites (N-methyl/N-ethyl adjacent to an activating group) is 1. The van der Waals surface area contributed by atoms with Gasteiger partial charge in [0.05, 0.1) is 11.7 Å². The van der Waals surface area contributed by atoms with Crippen LogP contribution in [0, 0.1) is 13.8 Å². The highest BCUT2D eigenvalue weighted by molar-refractivity contribution is 7.17. The van der Waals surface area contributed by atoms with Crippen molar-refractivity contribution in [2.24, 2.45) is 0 Å². The molecule has 0 aliphatic carbocycles. The number of anilines is 1. The molecule has 2 rings (SSSR count). The first kappa shape index (κ1) is 22.6. The summed E-state index contributed by atoms with van der Waals surface area (Å²) < 4.78 is 0. The minimum atomic E-state index is -0.250. The monoisotopic (exact) mass is 392 g/mol. The summed E-state index contributed by atoms with van der Waals surface area (Å²) in [5.41, 5.74) is 3.23. The van der Waals surface area contributed by atoms with Crippen molar-refractivity contribution in [3.63, 3.8) is 0 Å². The predicted molar refractivity (Wildman–Crippen MR) is 110 cm³/mol. The van der Waals surface area contributed by atoms with Crippen molar-refractivity contribution in [3.8, 4) is 0 Å². The Bertz CT molecular complexity index is 746. The minimum absolute atomic E-state index is 0.0606. The highest BCUT2D eigenvalue weighted by atomic mass is 32.1. The number of carboxylic acid groups (broad SMARTS) is 1. The largest absolute Gasteiger partial charge is 0.483 e. The van der Waals surface area contributed by atoms with E-state index in [0.717, 1.165) is 17.4 Å². The topological polar surface area (TPSA) is 94.6 Å². The normalized spacial score (nSPS) is 11.3. The Morgan fingerprint density at radius 1 is 1.33 bits per heavy atom. The molecule has 2 aromatic rings.